The van der Waals surface area contributed by atoms with Crippen LogP contribution in [0.25, 0.3) is 5.76 Å². The van der Waals surface area contributed by atoms with Crippen LogP contribution in [0.15, 0.2) is 77.5 Å². The number of methoxy groups -OCH3 is 2. The molecule has 8 heteroatoms. The van der Waals surface area contributed by atoms with E-state index in [9.17, 15) is 15.3 Å². The third-order valence-corrected chi connectivity index (χ3v) is 8.16. The maximum absolute atomic E-state index is 14.2. The zero-order valence-corrected chi connectivity index (χ0v) is 24.4. The number of benzene rings is 3. The highest BCUT2D eigenvalue weighted by Gasteiger charge is 2.47. The molecule has 0 bridgehead atoms. The van der Waals surface area contributed by atoms with Crippen LogP contribution >= 0.6 is 0 Å². The van der Waals surface area contributed by atoms with Gasteiger partial charge in [0.05, 0.1) is 19.9 Å². The number of ether oxygens (including phenoxy) is 4. The summed E-state index contributed by atoms with van der Waals surface area (Å²) >= 11 is 0. The zero-order valence-electron chi connectivity index (χ0n) is 24.4. The Labute approximate surface area is 245 Å². The molecule has 3 aromatic carbocycles. The molecule has 0 radical (unpaired) electrons. The molecule has 0 fully saturated rings. The summed E-state index contributed by atoms with van der Waals surface area (Å²) in [6.07, 6.45) is 0.873. The van der Waals surface area contributed by atoms with Crippen LogP contribution in [0.3, 0.4) is 0 Å². The number of aryl methyl sites for hydroxylation is 1. The van der Waals surface area contributed by atoms with Gasteiger partial charge < -0.3 is 24.1 Å². The summed E-state index contributed by atoms with van der Waals surface area (Å²) in [4.78, 5) is 15.9. The van der Waals surface area contributed by atoms with Gasteiger partial charge in [-0.3, -0.25) is 15.1 Å². The molecule has 0 amide bonds. The topological polar surface area (TPSA) is 101 Å². The van der Waals surface area contributed by atoms with Crippen LogP contribution in [-0.2, 0) is 4.79 Å². The fraction of sp³-hybridized carbons (Fsp3) is 0.294. The van der Waals surface area contributed by atoms with Gasteiger partial charge in [-0.1, -0.05) is 49.7 Å². The van der Waals surface area contributed by atoms with Gasteiger partial charge in [0.15, 0.2) is 17.3 Å². The van der Waals surface area contributed by atoms with E-state index in [4.69, 9.17) is 18.9 Å². The highest BCUT2D eigenvalue weighted by molar-refractivity contribution is 6.20. The van der Waals surface area contributed by atoms with Gasteiger partial charge in [-0.05, 0) is 48.6 Å². The second-order valence-corrected chi connectivity index (χ2v) is 11.7. The largest absolute Gasteiger partial charge is 0.507 e. The van der Waals surface area contributed by atoms with E-state index in [1.54, 1.807) is 37.3 Å². The van der Waals surface area contributed by atoms with Crippen LogP contribution in [0.1, 0.15) is 49.3 Å². The van der Waals surface area contributed by atoms with Crippen molar-refractivity contribution < 1.29 is 28.8 Å². The number of anilines is 1. The highest BCUT2D eigenvalue weighted by Crippen LogP contribution is 2.53. The van der Waals surface area contributed by atoms with Gasteiger partial charge in [0.1, 0.15) is 23.1 Å². The van der Waals surface area contributed by atoms with E-state index in [-0.39, 0.29) is 29.6 Å². The second-order valence-electron chi connectivity index (χ2n) is 11.7. The first-order valence-corrected chi connectivity index (χ1v) is 13.9. The number of carbonyl (C=O) groups is 1. The number of Topliss-reactive ketones (excluding diaryl/α,β-unsaturated/α-hetero) is 1. The molecule has 216 valence electrons. The number of aliphatic hydroxyl groups is 1. The Morgan fingerprint density at radius 2 is 1.71 bits per heavy atom. The van der Waals surface area contributed by atoms with Gasteiger partial charge in [-0.25, -0.2) is 0 Å². The monoisotopic (exact) mass is 566 g/mol. The van der Waals surface area contributed by atoms with Gasteiger partial charge in [0.2, 0.25) is 6.79 Å². The van der Waals surface area contributed by atoms with Gasteiger partial charge in [-0.2, -0.15) is 0 Å². The average Bonchev–Trinajstić information content (AvgIpc) is 3.44. The quantitative estimate of drug-likeness (QED) is 0.323. The molecule has 0 unspecified atom stereocenters. The van der Waals surface area contributed by atoms with Crippen molar-refractivity contribution in [2.75, 3.05) is 25.9 Å². The van der Waals surface area contributed by atoms with Gasteiger partial charge in [0.25, 0.3) is 0 Å². The van der Waals surface area contributed by atoms with E-state index in [0.29, 0.717) is 63.9 Å². The minimum atomic E-state index is -0.709. The number of hydrogen-bond acceptors (Lipinski definition) is 7. The van der Waals surface area contributed by atoms with Crippen LogP contribution in [0.4, 0.5) is 5.69 Å². The van der Waals surface area contributed by atoms with Crippen molar-refractivity contribution in [1.29, 1.82) is 5.41 Å². The zero-order chi connectivity index (χ0) is 29.8. The first kappa shape index (κ1) is 27.4. The predicted octanol–water partition coefficient (Wildman–Crippen LogP) is 6.93. The average molecular weight is 567 g/mol. The Bertz CT molecular complexity index is 1670. The van der Waals surface area contributed by atoms with Gasteiger partial charge >= 0.3 is 0 Å². The Hall–Kier alpha value is -4.72. The molecule has 42 heavy (non-hydrogen) atoms. The smallest absolute Gasteiger partial charge is 0.231 e. The molecule has 6 rings (SSSR count). The number of amidine groups is 1. The van der Waals surface area contributed by atoms with Crippen molar-refractivity contribution in [3.05, 3.63) is 94.2 Å². The minimum absolute atomic E-state index is 0.0301. The normalized spacial score (nSPS) is 20.4. The molecular formula is C34H34N2O6. The predicted molar refractivity (Wildman–Crippen MR) is 161 cm³/mol. The highest BCUT2D eigenvalue weighted by atomic mass is 16.7. The van der Waals surface area contributed by atoms with Crippen molar-refractivity contribution in [2.24, 2.45) is 5.41 Å². The number of fused-ring (bicyclic) bond motifs is 1. The van der Waals surface area contributed by atoms with Crippen molar-refractivity contribution in [1.82, 2.24) is 0 Å². The number of ketones is 1. The van der Waals surface area contributed by atoms with Crippen LogP contribution in [0.5, 0.6) is 23.0 Å². The summed E-state index contributed by atoms with van der Waals surface area (Å²) in [5.74, 6) is 1.51. The molecule has 8 nitrogen and oxygen atoms in total. The van der Waals surface area contributed by atoms with Crippen molar-refractivity contribution in [3.8, 4) is 23.0 Å². The molecule has 2 aliphatic heterocycles. The molecule has 2 N–H and O–H groups in total. The molecule has 1 atom stereocenters. The summed E-state index contributed by atoms with van der Waals surface area (Å²) in [5, 5.41) is 21.7. The fourth-order valence-corrected chi connectivity index (χ4v) is 6.14. The molecule has 1 aliphatic carbocycles. The summed E-state index contributed by atoms with van der Waals surface area (Å²) in [5.41, 5.74) is 4.10. The van der Waals surface area contributed by atoms with E-state index < -0.39 is 5.92 Å². The number of aliphatic hydroxyl groups excluding tert-OH is 1. The lowest BCUT2D eigenvalue weighted by atomic mass is 9.67. The summed E-state index contributed by atoms with van der Waals surface area (Å²) in [6.45, 7) is 6.21. The third-order valence-electron chi connectivity index (χ3n) is 8.16. The Balaban J connectivity index is 1.69. The first-order chi connectivity index (χ1) is 20.1. The van der Waals surface area contributed by atoms with E-state index in [1.807, 2.05) is 49.4 Å². The maximum atomic E-state index is 14.2. The molecule has 3 aliphatic rings. The Morgan fingerprint density at radius 1 is 0.976 bits per heavy atom. The lowest BCUT2D eigenvalue weighted by Gasteiger charge is -2.45. The van der Waals surface area contributed by atoms with Crippen molar-refractivity contribution >= 4 is 23.1 Å². The number of carbonyl (C=O) groups excluding carboxylic acids is 1. The van der Waals surface area contributed by atoms with E-state index in [2.05, 4.69) is 13.8 Å². The van der Waals surface area contributed by atoms with Crippen LogP contribution < -0.4 is 23.8 Å². The molecular weight excluding hydrogens is 532 g/mol. The molecule has 0 saturated carbocycles. The van der Waals surface area contributed by atoms with Crippen LogP contribution in [0.2, 0.25) is 0 Å². The molecule has 0 aromatic heterocycles. The number of rotatable bonds is 5. The summed E-state index contributed by atoms with van der Waals surface area (Å²) in [6, 6.07) is 18.4. The van der Waals surface area contributed by atoms with E-state index >= 15 is 0 Å². The van der Waals surface area contributed by atoms with Crippen LogP contribution in [-0.4, -0.2) is 37.7 Å². The number of hydrogen-bond donors (Lipinski definition) is 2. The second kappa shape index (κ2) is 10.3. The lowest BCUT2D eigenvalue weighted by molar-refractivity contribution is -0.118. The SMILES string of the molecule is COc1ccc(OC)c(N2C(=N)/C(=C(/O)c3ccc(C)cc3)[C@H](c3ccc4c(c3)OCO4)C3=C2CC(C)(C)CC3=O)c1. The van der Waals surface area contributed by atoms with E-state index in [1.165, 1.54) is 0 Å². The number of nitrogens with zero attached hydrogens (tertiary/aromatic N) is 1. The van der Waals surface area contributed by atoms with Gasteiger partial charge in [-0.15, -0.1) is 0 Å². The molecule has 0 spiro atoms. The van der Waals surface area contributed by atoms with Crippen molar-refractivity contribution in [2.45, 2.75) is 39.5 Å². The standard InChI is InChI=1S/C34H34N2O6/c1-19-6-8-20(9-7-19)32(38)31-29(21-10-12-27-28(14-21)42-18-41-27)30-24(16-34(2,3)17-25(30)37)36(33(31)35)23-15-22(39-4)11-13-26(23)40-5/h6-15,29,35,38H,16-18H2,1-5H3/b32-31+,35-33?/t29-/m1/s1. The number of allylic oxidation sites excluding steroid dienone is 2. The fourth-order valence-electron chi connectivity index (χ4n) is 6.14. The molecule has 3 aromatic rings. The van der Waals surface area contributed by atoms with Crippen LogP contribution in [0, 0.1) is 17.7 Å². The minimum Gasteiger partial charge on any atom is -0.507 e. The third kappa shape index (κ3) is 4.57. The Kier molecular flexibility index (Phi) is 6.72. The van der Waals surface area contributed by atoms with Gasteiger partial charge in [0, 0.05) is 40.8 Å². The number of nitrogens with one attached hydrogen (secondary N) is 1. The summed E-state index contributed by atoms with van der Waals surface area (Å²) < 4.78 is 22.5. The molecule has 0 saturated heterocycles. The maximum Gasteiger partial charge on any atom is 0.231 e. The lowest BCUT2D eigenvalue weighted by Crippen LogP contribution is -2.45. The van der Waals surface area contributed by atoms with Crippen molar-refractivity contribution in [3.63, 3.8) is 0 Å². The molecule has 2 heterocycles. The summed E-state index contributed by atoms with van der Waals surface area (Å²) in [7, 11) is 3.15. The first-order valence-electron chi connectivity index (χ1n) is 13.9. The van der Waals surface area contributed by atoms with E-state index in [0.717, 1.165) is 11.1 Å². The Morgan fingerprint density at radius 3 is 2.43 bits per heavy atom.